The number of nitrogens with one attached hydrogen (secondary N) is 1. The summed E-state index contributed by atoms with van der Waals surface area (Å²) in [7, 11) is 0. The standard InChI is InChI=1S/C26H20N2O4/c29-20-14-13-19(27-16-8-3-1-4-9-16)21-22(20)24(30)18-12-7-15-26(32,23(18)25(21)31)28-17-10-5-2-6-11-17/h1-14,28,30-32H,15H2. The van der Waals surface area contributed by atoms with Crippen molar-refractivity contribution >= 4 is 28.9 Å². The van der Waals surface area contributed by atoms with Crippen molar-refractivity contribution in [1.82, 2.24) is 0 Å². The van der Waals surface area contributed by atoms with E-state index in [9.17, 15) is 20.1 Å². The van der Waals surface area contributed by atoms with Crippen LogP contribution in [0.3, 0.4) is 0 Å². The number of phenols is 2. The number of fused-ring (bicyclic) bond motifs is 2. The highest BCUT2D eigenvalue weighted by molar-refractivity contribution is 6.27. The van der Waals surface area contributed by atoms with E-state index in [1.807, 2.05) is 36.4 Å². The lowest BCUT2D eigenvalue weighted by atomic mass is 9.80. The molecule has 32 heavy (non-hydrogen) atoms. The second-order valence-corrected chi connectivity index (χ2v) is 7.72. The van der Waals surface area contributed by atoms with Crippen LogP contribution in [0.2, 0.25) is 0 Å². The van der Waals surface area contributed by atoms with E-state index in [4.69, 9.17) is 0 Å². The number of carbonyl (C=O) groups excluding carboxylic acids is 1. The molecule has 3 aromatic rings. The summed E-state index contributed by atoms with van der Waals surface area (Å²) in [6.07, 6.45) is 6.26. The number of nitrogens with zero attached hydrogens (tertiary/aromatic N) is 1. The number of aromatic hydroxyl groups is 2. The van der Waals surface area contributed by atoms with Crippen LogP contribution < -0.4 is 5.32 Å². The summed E-state index contributed by atoms with van der Waals surface area (Å²) in [5.74, 6) is -1.04. The summed E-state index contributed by atoms with van der Waals surface area (Å²) < 4.78 is 0. The molecule has 6 nitrogen and oxygen atoms in total. The Morgan fingerprint density at radius 3 is 2.25 bits per heavy atom. The lowest BCUT2D eigenvalue weighted by Crippen LogP contribution is -2.37. The molecule has 5 rings (SSSR count). The predicted molar refractivity (Wildman–Crippen MR) is 123 cm³/mol. The number of carbonyl (C=O) groups is 1. The minimum absolute atomic E-state index is 0.0351. The zero-order valence-corrected chi connectivity index (χ0v) is 17.0. The van der Waals surface area contributed by atoms with E-state index < -0.39 is 11.5 Å². The summed E-state index contributed by atoms with van der Waals surface area (Å²) in [6, 6.07) is 18.2. The number of para-hydroxylation sites is 2. The van der Waals surface area contributed by atoms with Gasteiger partial charge in [0, 0.05) is 17.7 Å². The molecule has 0 spiro atoms. The lowest BCUT2D eigenvalue weighted by Gasteiger charge is -2.35. The largest absolute Gasteiger partial charge is 0.507 e. The van der Waals surface area contributed by atoms with Crippen molar-refractivity contribution in [2.45, 2.75) is 12.1 Å². The fraction of sp³-hybridized carbons (Fsp3) is 0.0769. The van der Waals surface area contributed by atoms with Crippen LogP contribution in [-0.4, -0.2) is 26.8 Å². The van der Waals surface area contributed by atoms with Crippen LogP contribution in [-0.2, 0) is 5.72 Å². The molecule has 0 saturated carbocycles. The van der Waals surface area contributed by atoms with E-state index in [1.54, 1.807) is 36.4 Å². The van der Waals surface area contributed by atoms with Crippen molar-refractivity contribution in [3.8, 4) is 11.5 Å². The molecule has 6 heteroatoms. The number of anilines is 1. The highest BCUT2D eigenvalue weighted by Crippen LogP contribution is 2.48. The summed E-state index contributed by atoms with van der Waals surface area (Å²) in [5, 5.41) is 37.0. The van der Waals surface area contributed by atoms with Gasteiger partial charge in [0.2, 0.25) is 0 Å². The van der Waals surface area contributed by atoms with E-state index in [2.05, 4.69) is 10.3 Å². The van der Waals surface area contributed by atoms with Crippen LogP contribution in [0.25, 0.3) is 6.08 Å². The molecule has 0 amide bonds. The van der Waals surface area contributed by atoms with Gasteiger partial charge < -0.3 is 20.6 Å². The Hall–Kier alpha value is -4.16. The molecular weight excluding hydrogens is 404 g/mol. The normalized spacial score (nSPS) is 20.2. The van der Waals surface area contributed by atoms with Gasteiger partial charge in [-0.2, -0.15) is 0 Å². The first-order valence-electron chi connectivity index (χ1n) is 10.2. The number of hydrogen-bond donors (Lipinski definition) is 4. The van der Waals surface area contributed by atoms with E-state index >= 15 is 0 Å². The first-order chi connectivity index (χ1) is 15.5. The van der Waals surface area contributed by atoms with Crippen LogP contribution in [0.5, 0.6) is 11.5 Å². The molecule has 0 fully saturated rings. The molecule has 1 atom stereocenters. The fourth-order valence-corrected chi connectivity index (χ4v) is 4.19. The summed E-state index contributed by atoms with van der Waals surface area (Å²) >= 11 is 0. The minimum Gasteiger partial charge on any atom is -0.507 e. The Kier molecular flexibility index (Phi) is 4.64. The van der Waals surface area contributed by atoms with Gasteiger partial charge >= 0.3 is 0 Å². The highest BCUT2D eigenvalue weighted by Gasteiger charge is 2.41. The third-order valence-corrected chi connectivity index (χ3v) is 5.62. The average molecular weight is 424 g/mol. The van der Waals surface area contributed by atoms with E-state index in [0.717, 1.165) is 0 Å². The number of rotatable bonds is 3. The molecule has 0 bridgehead atoms. The summed E-state index contributed by atoms with van der Waals surface area (Å²) in [4.78, 5) is 17.2. The molecule has 1 unspecified atom stereocenters. The number of aliphatic imine (C=N–C) groups is 1. The van der Waals surface area contributed by atoms with Crippen LogP contribution in [0.15, 0.2) is 83.9 Å². The Labute approximate surface area is 184 Å². The maximum absolute atomic E-state index is 12.7. The topological polar surface area (TPSA) is 102 Å². The van der Waals surface area contributed by atoms with Gasteiger partial charge in [0.15, 0.2) is 11.5 Å². The lowest BCUT2D eigenvalue weighted by molar-refractivity contribution is 0.0662. The summed E-state index contributed by atoms with van der Waals surface area (Å²) in [6.45, 7) is 0. The Morgan fingerprint density at radius 1 is 0.844 bits per heavy atom. The molecule has 0 heterocycles. The zero-order chi connectivity index (χ0) is 22.3. The number of hydrogen-bond acceptors (Lipinski definition) is 6. The van der Waals surface area contributed by atoms with Crippen LogP contribution in [0.1, 0.15) is 33.5 Å². The first kappa shape index (κ1) is 19.8. The maximum Gasteiger partial charge on any atom is 0.190 e. The van der Waals surface area contributed by atoms with Gasteiger partial charge in [-0.15, -0.1) is 0 Å². The molecule has 0 aromatic heterocycles. The van der Waals surface area contributed by atoms with Crippen LogP contribution in [0, 0.1) is 0 Å². The average Bonchev–Trinajstić information content (AvgIpc) is 2.79. The van der Waals surface area contributed by atoms with Crippen LogP contribution >= 0.6 is 0 Å². The number of aliphatic hydroxyl groups is 1. The molecule has 158 valence electrons. The fourth-order valence-electron chi connectivity index (χ4n) is 4.19. The van der Waals surface area contributed by atoms with E-state index in [-0.39, 0.29) is 40.2 Å². The Morgan fingerprint density at radius 2 is 1.53 bits per heavy atom. The highest BCUT2D eigenvalue weighted by atomic mass is 16.3. The van der Waals surface area contributed by atoms with Gasteiger partial charge in [-0.3, -0.25) is 4.79 Å². The second kappa shape index (κ2) is 7.51. The van der Waals surface area contributed by atoms with Crippen molar-refractivity contribution in [2.24, 2.45) is 4.99 Å². The molecule has 0 saturated heterocycles. The molecular formula is C26H20N2O4. The van der Waals surface area contributed by atoms with Crippen LogP contribution in [0.4, 0.5) is 11.4 Å². The number of ketones is 1. The number of allylic oxidation sites excluding steroid dienone is 2. The minimum atomic E-state index is -1.70. The third kappa shape index (κ3) is 3.18. The van der Waals surface area contributed by atoms with Gasteiger partial charge in [0.05, 0.1) is 28.1 Å². The smallest absolute Gasteiger partial charge is 0.190 e. The third-order valence-electron chi connectivity index (χ3n) is 5.62. The molecule has 2 aliphatic rings. The van der Waals surface area contributed by atoms with Gasteiger partial charge in [-0.1, -0.05) is 48.6 Å². The second-order valence-electron chi connectivity index (χ2n) is 7.72. The van der Waals surface area contributed by atoms with Crippen molar-refractivity contribution < 1.29 is 20.1 Å². The monoisotopic (exact) mass is 424 g/mol. The number of phenolic OH excluding ortho intramolecular Hbond substituents is 2. The maximum atomic E-state index is 12.7. The van der Waals surface area contributed by atoms with Gasteiger partial charge in [0.1, 0.15) is 11.5 Å². The zero-order valence-electron chi connectivity index (χ0n) is 17.0. The van der Waals surface area contributed by atoms with Crippen molar-refractivity contribution in [2.75, 3.05) is 5.32 Å². The van der Waals surface area contributed by atoms with Gasteiger partial charge in [0.25, 0.3) is 0 Å². The SMILES string of the molecule is O=C1C=CC(=Nc2ccccc2)c2c(O)c3c(c(O)c21)C=CCC3(O)Nc1ccccc1. The molecule has 3 aromatic carbocycles. The van der Waals surface area contributed by atoms with Crippen molar-refractivity contribution in [1.29, 1.82) is 0 Å². The quantitative estimate of drug-likeness (QED) is 0.362. The van der Waals surface area contributed by atoms with E-state index in [0.29, 0.717) is 17.1 Å². The Bertz CT molecular complexity index is 1310. The molecule has 2 aliphatic carbocycles. The van der Waals surface area contributed by atoms with Crippen molar-refractivity contribution in [3.63, 3.8) is 0 Å². The van der Waals surface area contributed by atoms with Gasteiger partial charge in [-0.05, 0) is 36.4 Å². The summed E-state index contributed by atoms with van der Waals surface area (Å²) in [5.41, 5.74) is 0.240. The first-order valence-corrected chi connectivity index (χ1v) is 10.2. The van der Waals surface area contributed by atoms with Crippen molar-refractivity contribution in [3.05, 3.63) is 101 Å². The predicted octanol–water partition coefficient (Wildman–Crippen LogP) is 4.65. The molecule has 0 aliphatic heterocycles. The molecule has 4 N–H and O–H groups in total. The van der Waals surface area contributed by atoms with Gasteiger partial charge in [-0.25, -0.2) is 4.99 Å². The number of benzene rings is 3. The Balaban J connectivity index is 1.74. The molecule has 0 radical (unpaired) electrons. The van der Waals surface area contributed by atoms with E-state index in [1.165, 1.54) is 12.2 Å².